The minimum atomic E-state index is -3.82. The summed E-state index contributed by atoms with van der Waals surface area (Å²) < 4.78 is 35.7. The van der Waals surface area contributed by atoms with Gasteiger partial charge in [0.15, 0.2) is 4.80 Å². The fourth-order valence-corrected chi connectivity index (χ4v) is 5.73. The number of amides is 1. The Bertz CT molecular complexity index is 1670. The maximum atomic E-state index is 13.1. The van der Waals surface area contributed by atoms with Gasteiger partial charge in [0, 0.05) is 17.8 Å². The largest absolute Gasteiger partial charge is 0.462 e. The van der Waals surface area contributed by atoms with Gasteiger partial charge < -0.3 is 9.30 Å². The van der Waals surface area contributed by atoms with E-state index in [1.54, 1.807) is 61.5 Å². The molecular formula is C27H25N3O5S2. The number of fused-ring (bicyclic) bond motifs is 1. The van der Waals surface area contributed by atoms with Crippen molar-refractivity contribution in [3.8, 4) is 0 Å². The van der Waals surface area contributed by atoms with Gasteiger partial charge in [-0.3, -0.25) is 9.52 Å². The number of thiazole rings is 1. The quantitative estimate of drug-likeness (QED) is 0.255. The van der Waals surface area contributed by atoms with E-state index in [0.29, 0.717) is 16.9 Å². The lowest BCUT2D eigenvalue weighted by Gasteiger charge is -2.09. The van der Waals surface area contributed by atoms with Gasteiger partial charge in [-0.05, 0) is 62.4 Å². The molecule has 0 unspecified atom stereocenters. The Hall–Kier alpha value is -4.02. The molecule has 4 rings (SSSR count). The highest BCUT2D eigenvalue weighted by molar-refractivity contribution is 7.92. The molecule has 190 valence electrons. The summed E-state index contributed by atoms with van der Waals surface area (Å²) in [6, 6.07) is 17.8. The lowest BCUT2D eigenvalue weighted by molar-refractivity contribution is 0.0526. The van der Waals surface area contributed by atoms with Gasteiger partial charge in [-0.15, -0.1) is 6.58 Å². The topological polar surface area (TPSA) is 107 Å². The lowest BCUT2D eigenvalue weighted by atomic mass is 10.2. The number of benzene rings is 3. The average Bonchev–Trinajstić information content (AvgIpc) is 3.20. The number of nitrogens with one attached hydrogen (secondary N) is 1. The van der Waals surface area contributed by atoms with Gasteiger partial charge in [0.05, 0.1) is 27.3 Å². The van der Waals surface area contributed by atoms with E-state index in [2.05, 4.69) is 16.3 Å². The highest BCUT2D eigenvalue weighted by atomic mass is 32.2. The van der Waals surface area contributed by atoms with E-state index < -0.39 is 21.9 Å². The van der Waals surface area contributed by atoms with Crippen LogP contribution in [0.4, 0.5) is 5.69 Å². The maximum Gasteiger partial charge on any atom is 0.338 e. The second kappa shape index (κ2) is 10.9. The van der Waals surface area contributed by atoms with Crippen LogP contribution in [0.2, 0.25) is 0 Å². The molecule has 0 atom stereocenters. The fourth-order valence-electron chi connectivity index (χ4n) is 3.60. The van der Waals surface area contributed by atoms with Crippen LogP contribution in [-0.4, -0.2) is 31.5 Å². The number of allylic oxidation sites excluding steroid dienone is 1. The average molecular weight is 536 g/mol. The van der Waals surface area contributed by atoms with Crippen molar-refractivity contribution in [1.29, 1.82) is 0 Å². The summed E-state index contributed by atoms with van der Waals surface area (Å²) in [4.78, 5) is 30.1. The van der Waals surface area contributed by atoms with Crippen LogP contribution in [0, 0.1) is 6.92 Å². The first-order valence-electron chi connectivity index (χ1n) is 11.4. The minimum Gasteiger partial charge on any atom is -0.462 e. The minimum absolute atomic E-state index is 0.123. The molecule has 37 heavy (non-hydrogen) atoms. The summed E-state index contributed by atoms with van der Waals surface area (Å²) in [7, 11) is -3.82. The number of sulfonamides is 1. The van der Waals surface area contributed by atoms with Crippen LogP contribution in [0.3, 0.4) is 0 Å². The Morgan fingerprint density at radius 3 is 2.54 bits per heavy atom. The number of carbonyl (C=O) groups excluding carboxylic acids is 2. The molecule has 8 nitrogen and oxygen atoms in total. The second-order valence-corrected chi connectivity index (χ2v) is 10.8. The first-order valence-corrected chi connectivity index (χ1v) is 13.7. The maximum absolute atomic E-state index is 13.1. The van der Waals surface area contributed by atoms with Crippen molar-refractivity contribution >= 4 is 49.1 Å². The second-order valence-electron chi connectivity index (χ2n) is 8.10. The molecule has 0 spiro atoms. The van der Waals surface area contributed by atoms with Gasteiger partial charge in [0.2, 0.25) is 0 Å². The van der Waals surface area contributed by atoms with E-state index >= 15 is 0 Å². The SMILES string of the molecule is C=CCn1c(=NC(=O)c2cccc(NS(=O)(=O)c3ccc(C)cc3)c2)sc2cc(C(=O)OCC)ccc21. The molecule has 1 aromatic heterocycles. The van der Waals surface area contributed by atoms with Crippen LogP contribution in [0.25, 0.3) is 10.2 Å². The third-order valence-electron chi connectivity index (χ3n) is 5.40. The van der Waals surface area contributed by atoms with Gasteiger partial charge >= 0.3 is 5.97 Å². The molecule has 0 aliphatic rings. The van der Waals surface area contributed by atoms with Crippen LogP contribution in [-0.2, 0) is 21.3 Å². The molecule has 0 fully saturated rings. The lowest BCUT2D eigenvalue weighted by Crippen LogP contribution is -2.16. The fraction of sp³-hybridized carbons (Fsp3) is 0.148. The smallest absolute Gasteiger partial charge is 0.338 e. The molecule has 0 radical (unpaired) electrons. The van der Waals surface area contributed by atoms with Crippen LogP contribution in [0.5, 0.6) is 0 Å². The molecule has 4 aromatic rings. The van der Waals surface area contributed by atoms with E-state index in [1.807, 2.05) is 11.5 Å². The number of hydrogen-bond donors (Lipinski definition) is 1. The monoisotopic (exact) mass is 535 g/mol. The van der Waals surface area contributed by atoms with Crippen molar-refractivity contribution in [2.75, 3.05) is 11.3 Å². The third kappa shape index (κ3) is 5.87. The highest BCUT2D eigenvalue weighted by Crippen LogP contribution is 2.21. The summed E-state index contributed by atoms with van der Waals surface area (Å²) in [5.74, 6) is -0.959. The first-order chi connectivity index (χ1) is 17.7. The Kier molecular flexibility index (Phi) is 7.70. The Labute approximate surface area is 218 Å². The van der Waals surface area contributed by atoms with Crippen molar-refractivity contribution in [2.24, 2.45) is 4.99 Å². The number of esters is 1. The summed E-state index contributed by atoms with van der Waals surface area (Å²) in [5.41, 5.74) is 2.62. The summed E-state index contributed by atoms with van der Waals surface area (Å²) in [5, 5.41) is 0. The van der Waals surface area contributed by atoms with Gasteiger partial charge in [0.25, 0.3) is 15.9 Å². The van der Waals surface area contributed by atoms with Crippen molar-refractivity contribution in [3.63, 3.8) is 0 Å². The van der Waals surface area contributed by atoms with E-state index in [1.165, 1.54) is 29.5 Å². The Balaban J connectivity index is 1.67. The van der Waals surface area contributed by atoms with Crippen molar-refractivity contribution in [3.05, 3.63) is 101 Å². The van der Waals surface area contributed by atoms with E-state index in [0.717, 1.165) is 15.8 Å². The van der Waals surface area contributed by atoms with Crippen LogP contribution in [0.15, 0.2) is 89.3 Å². The molecule has 3 aromatic carbocycles. The molecule has 0 saturated heterocycles. The first kappa shape index (κ1) is 26.1. The van der Waals surface area contributed by atoms with Crippen molar-refractivity contribution < 1.29 is 22.7 Å². The standard InChI is InChI=1S/C27H25N3O5S2/c1-4-15-30-23-14-11-20(26(32)35-5-2)17-24(23)36-27(30)28-25(31)19-7-6-8-21(16-19)29-37(33,34)22-12-9-18(3)10-13-22/h4,6-14,16-17,29H,1,5,15H2,2-3H3. The predicted octanol–water partition coefficient (Wildman–Crippen LogP) is 4.92. The third-order valence-corrected chi connectivity index (χ3v) is 7.83. The zero-order valence-electron chi connectivity index (χ0n) is 20.3. The predicted molar refractivity (Wildman–Crippen MR) is 144 cm³/mol. The number of rotatable bonds is 8. The molecular weight excluding hydrogens is 510 g/mol. The van der Waals surface area contributed by atoms with Crippen LogP contribution in [0.1, 0.15) is 33.2 Å². The zero-order chi connectivity index (χ0) is 26.6. The number of aromatic nitrogens is 1. The van der Waals surface area contributed by atoms with Crippen LogP contribution >= 0.6 is 11.3 Å². The number of hydrogen-bond acceptors (Lipinski definition) is 6. The molecule has 1 amide bonds. The number of nitrogens with zero attached hydrogens (tertiary/aromatic N) is 2. The van der Waals surface area contributed by atoms with Gasteiger partial charge in [-0.2, -0.15) is 4.99 Å². The molecule has 10 heteroatoms. The van der Waals surface area contributed by atoms with Crippen molar-refractivity contribution in [2.45, 2.75) is 25.3 Å². The summed E-state index contributed by atoms with van der Waals surface area (Å²) in [6.07, 6.45) is 1.69. The molecule has 0 saturated carbocycles. The Morgan fingerprint density at radius 1 is 1.08 bits per heavy atom. The van der Waals surface area contributed by atoms with Crippen molar-refractivity contribution in [1.82, 2.24) is 4.57 Å². The number of anilines is 1. The molecule has 1 heterocycles. The highest BCUT2D eigenvalue weighted by Gasteiger charge is 2.16. The van der Waals surface area contributed by atoms with Crippen LogP contribution < -0.4 is 9.52 Å². The zero-order valence-corrected chi connectivity index (χ0v) is 21.9. The van der Waals surface area contributed by atoms with Gasteiger partial charge in [-0.1, -0.05) is 41.2 Å². The van der Waals surface area contributed by atoms with E-state index in [9.17, 15) is 18.0 Å². The van der Waals surface area contributed by atoms with Gasteiger partial charge in [-0.25, -0.2) is 13.2 Å². The van der Waals surface area contributed by atoms with E-state index in [-0.39, 0.29) is 22.8 Å². The van der Waals surface area contributed by atoms with E-state index in [4.69, 9.17) is 4.74 Å². The summed E-state index contributed by atoms with van der Waals surface area (Å²) in [6.45, 7) is 8.07. The molecule has 0 aliphatic carbocycles. The summed E-state index contributed by atoms with van der Waals surface area (Å²) >= 11 is 1.26. The molecule has 0 aliphatic heterocycles. The number of aryl methyl sites for hydroxylation is 1. The number of ether oxygens (including phenoxy) is 1. The number of carbonyl (C=O) groups is 2. The molecule has 1 N–H and O–H groups in total. The van der Waals surface area contributed by atoms with Gasteiger partial charge in [0.1, 0.15) is 0 Å². The molecule has 0 bridgehead atoms. The Morgan fingerprint density at radius 2 is 1.84 bits per heavy atom. The normalized spacial score (nSPS) is 11.9.